The molecule has 0 saturated heterocycles. The van der Waals surface area contributed by atoms with E-state index >= 15 is 0 Å². The normalized spacial score (nSPS) is 16.6. The first-order valence-electron chi connectivity index (χ1n) is 11.1. The van der Waals surface area contributed by atoms with Crippen molar-refractivity contribution in [2.75, 3.05) is 19.6 Å². The van der Waals surface area contributed by atoms with Gasteiger partial charge in [-0.3, -0.25) is 4.79 Å². The number of amides is 1. The third-order valence-electron chi connectivity index (χ3n) is 5.82. The average Bonchev–Trinajstić information content (AvgIpc) is 2.76. The Balaban J connectivity index is 1.76. The minimum Gasteiger partial charge on any atom is -0.356 e. The lowest BCUT2D eigenvalue weighted by Crippen LogP contribution is -2.42. The summed E-state index contributed by atoms with van der Waals surface area (Å²) in [4.78, 5) is 13.0. The number of carbonyl (C=O) groups excluding carboxylic acids is 1. The molecule has 1 unspecified atom stereocenters. The van der Waals surface area contributed by atoms with E-state index in [0.29, 0.717) is 26.1 Å². The van der Waals surface area contributed by atoms with Gasteiger partial charge in [0.1, 0.15) is 0 Å². The van der Waals surface area contributed by atoms with Crippen LogP contribution in [0.1, 0.15) is 54.8 Å². The Labute approximate surface area is 185 Å². The topological polar surface area (TPSA) is 92.5 Å². The third kappa shape index (κ3) is 5.93. The fourth-order valence-electron chi connectivity index (χ4n) is 4.07. The van der Waals surface area contributed by atoms with E-state index < -0.39 is 16.1 Å². The summed E-state index contributed by atoms with van der Waals surface area (Å²) in [7, 11) is -3.71. The third-order valence-corrected chi connectivity index (χ3v) is 7.75. The first kappa shape index (κ1) is 23.4. The minimum atomic E-state index is -3.71. The molecule has 6 nitrogen and oxygen atoms in total. The molecule has 0 radical (unpaired) electrons. The van der Waals surface area contributed by atoms with E-state index in [0.717, 1.165) is 42.4 Å². The summed E-state index contributed by atoms with van der Waals surface area (Å²) in [6.45, 7) is 3.59. The molecule has 7 heteroatoms. The van der Waals surface area contributed by atoms with Crippen LogP contribution in [0.25, 0.3) is 0 Å². The van der Waals surface area contributed by atoms with Crippen molar-refractivity contribution in [2.24, 2.45) is 5.73 Å². The first-order valence-corrected chi connectivity index (χ1v) is 12.5. The number of nitrogens with one attached hydrogen (secondary N) is 1. The van der Waals surface area contributed by atoms with E-state index in [1.165, 1.54) is 4.31 Å². The molecule has 3 rings (SSSR count). The molecule has 0 saturated carbocycles. The summed E-state index contributed by atoms with van der Waals surface area (Å²) in [6, 6.07) is 14.2. The Hall–Kier alpha value is -2.22. The maximum atomic E-state index is 13.4. The van der Waals surface area contributed by atoms with Crippen molar-refractivity contribution in [1.29, 1.82) is 0 Å². The lowest BCUT2D eigenvalue weighted by molar-refractivity contribution is -0.122. The van der Waals surface area contributed by atoms with Crippen molar-refractivity contribution < 1.29 is 13.2 Å². The molecule has 0 bridgehead atoms. The van der Waals surface area contributed by atoms with E-state index in [4.69, 9.17) is 5.73 Å². The predicted octanol–water partition coefficient (Wildman–Crippen LogP) is 3.31. The predicted molar refractivity (Wildman–Crippen MR) is 123 cm³/mol. The zero-order valence-corrected chi connectivity index (χ0v) is 19.0. The van der Waals surface area contributed by atoms with E-state index in [9.17, 15) is 13.2 Å². The van der Waals surface area contributed by atoms with Crippen LogP contribution in [0.4, 0.5) is 0 Å². The summed E-state index contributed by atoms with van der Waals surface area (Å²) >= 11 is 0. The summed E-state index contributed by atoms with van der Waals surface area (Å²) in [5, 5.41) is 2.97. The van der Waals surface area contributed by atoms with Gasteiger partial charge in [-0.2, -0.15) is 4.31 Å². The zero-order valence-electron chi connectivity index (χ0n) is 18.2. The molecule has 31 heavy (non-hydrogen) atoms. The molecule has 3 N–H and O–H groups in total. The van der Waals surface area contributed by atoms with Crippen molar-refractivity contribution in [3.8, 4) is 0 Å². The number of hydrogen-bond donors (Lipinski definition) is 2. The summed E-state index contributed by atoms with van der Waals surface area (Å²) < 4.78 is 28.4. The standard InChI is InChI=1S/C24H33N3O3S/c1-19-10-12-21(13-11-19)31(29,30)27-17-14-20-8-4-5-9-22(20)23(27)18-24(28)26-16-7-3-2-6-15-25/h4-5,8-13,23H,2-3,6-7,14-18,25H2,1H3,(H,26,28). The summed E-state index contributed by atoms with van der Waals surface area (Å²) in [6.07, 6.45) is 4.74. The smallest absolute Gasteiger partial charge is 0.243 e. The average molecular weight is 444 g/mol. The van der Waals surface area contributed by atoms with Crippen LogP contribution in [0.2, 0.25) is 0 Å². The number of rotatable bonds is 10. The molecule has 2 aromatic carbocycles. The van der Waals surface area contributed by atoms with E-state index in [-0.39, 0.29) is 17.2 Å². The second kappa shape index (κ2) is 10.9. The maximum absolute atomic E-state index is 13.4. The molecule has 0 aliphatic carbocycles. The van der Waals surface area contributed by atoms with Crippen molar-refractivity contribution in [3.05, 3.63) is 65.2 Å². The van der Waals surface area contributed by atoms with Gasteiger partial charge in [0, 0.05) is 19.5 Å². The summed E-state index contributed by atoms with van der Waals surface area (Å²) in [5.74, 6) is -0.121. The number of nitrogens with two attached hydrogens (primary N) is 1. The largest absolute Gasteiger partial charge is 0.356 e. The SMILES string of the molecule is Cc1ccc(S(=O)(=O)N2CCc3ccccc3C2CC(=O)NCCCCCCN)cc1. The molecular formula is C24H33N3O3S. The molecule has 1 amide bonds. The van der Waals surface area contributed by atoms with Crippen LogP contribution in [-0.4, -0.2) is 38.3 Å². The molecule has 1 aliphatic heterocycles. The van der Waals surface area contributed by atoms with Crippen molar-refractivity contribution in [3.63, 3.8) is 0 Å². The fraction of sp³-hybridized carbons (Fsp3) is 0.458. The van der Waals surface area contributed by atoms with Crippen LogP contribution < -0.4 is 11.1 Å². The molecule has 0 aromatic heterocycles. The highest BCUT2D eigenvalue weighted by molar-refractivity contribution is 7.89. The number of unbranched alkanes of at least 4 members (excludes halogenated alkanes) is 3. The first-order chi connectivity index (χ1) is 14.9. The Morgan fingerprint density at radius 1 is 1.06 bits per heavy atom. The van der Waals surface area contributed by atoms with E-state index in [1.807, 2.05) is 31.2 Å². The molecule has 1 heterocycles. The van der Waals surface area contributed by atoms with Gasteiger partial charge in [-0.05, 0) is 56.0 Å². The Morgan fingerprint density at radius 3 is 2.52 bits per heavy atom. The molecule has 1 aliphatic rings. The van der Waals surface area contributed by atoms with Gasteiger partial charge in [-0.25, -0.2) is 8.42 Å². The lowest BCUT2D eigenvalue weighted by Gasteiger charge is -2.36. The molecule has 0 fully saturated rings. The van der Waals surface area contributed by atoms with Gasteiger partial charge < -0.3 is 11.1 Å². The van der Waals surface area contributed by atoms with Gasteiger partial charge in [-0.1, -0.05) is 54.8 Å². The number of fused-ring (bicyclic) bond motifs is 1. The molecule has 2 aromatic rings. The van der Waals surface area contributed by atoms with Crippen LogP contribution in [0.5, 0.6) is 0 Å². The Bertz CT molecular complexity index is 974. The Kier molecular flexibility index (Phi) is 8.23. The van der Waals surface area contributed by atoms with Crippen LogP contribution in [0.15, 0.2) is 53.4 Å². The van der Waals surface area contributed by atoms with Crippen LogP contribution in [-0.2, 0) is 21.2 Å². The van der Waals surface area contributed by atoms with Gasteiger partial charge >= 0.3 is 0 Å². The van der Waals surface area contributed by atoms with E-state index in [1.54, 1.807) is 24.3 Å². The zero-order chi connectivity index (χ0) is 22.3. The van der Waals surface area contributed by atoms with Crippen LogP contribution in [0.3, 0.4) is 0 Å². The van der Waals surface area contributed by atoms with Gasteiger partial charge in [0.05, 0.1) is 10.9 Å². The number of hydrogen-bond acceptors (Lipinski definition) is 4. The second-order valence-electron chi connectivity index (χ2n) is 8.15. The molecule has 168 valence electrons. The monoisotopic (exact) mass is 443 g/mol. The number of benzene rings is 2. The highest BCUT2D eigenvalue weighted by atomic mass is 32.2. The molecular weight excluding hydrogens is 410 g/mol. The number of sulfonamides is 1. The summed E-state index contributed by atoms with van der Waals surface area (Å²) in [5.41, 5.74) is 8.54. The van der Waals surface area contributed by atoms with Crippen molar-refractivity contribution >= 4 is 15.9 Å². The highest BCUT2D eigenvalue weighted by Gasteiger charge is 2.37. The van der Waals surface area contributed by atoms with Gasteiger partial charge in [0.2, 0.25) is 15.9 Å². The highest BCUT2D eigenvalue weighted by Crippen LogP contribution is 2.36. The molecule has 1 atom stereocenters. The van der Waals surface area contributed by atoms with Gasteiger partial charge in [0.15, 0.2) is 0 Å². The second-order valence-corrected chi connectivity index (χ2v) is 10.0. The van der Waals surface area contributed by atoms with Crippen molar-refractivity contribution in [2.45, 2.75) is 56.4 Å². The van der Waals surface area contributed by atoms with Crippen molar-refractivity contribution in [1.82, 2.24) is 9.62 Å². The van der Waals surface area contributed by atoms with E-state index in [2.05, 4.69) is 5.32 Å². The van der Waals surface area contributed by atoms with Gasteiger partial charge in [0.25, 0.3) is 0 Å². The number of nitrogens with zero attached hydrogens (tertiary/aromatic N) is 1. The number of carbonyl (C=O) groups is 1. The van der Waals surface area contributed by atoms with Crippen LogP contribution in [0, 0.1) is 6.92 Å². The fourth-order valence-corrected chi connectivity index (χ4v) is 5.68. The lowest BCUT2D eigenvalue weighted by atomic mass is 9.92. The quantitative estimate of drug-likeness (QED) is 0.551. The Morgan fingerprint density at radius 2 is 1.77 bits per heavy atom. The molecule has 0 spiro atoms. The van der Waals surface area contributed by atoms with Crippen LogP contribution >= 0.6 is 0 Å². The number of aryl methyl sites for hydroxylation is 1. The minimum absolute atomic E-state index is 0.116. The maximum Gasteiger partial charge on any atom is 0.243 e. The van der Waals surface area contributed by atoms with Gasteiger partial charge in [-0.15, -0.1) is 0 Å².